The highest BCUT2D eigenvalue weighted by molar-refractivity contribution is 5.33. The molecule has 2 rings (SSSR count). The molecule has 0 unspecified atom stereocenters. The Hall–Kier alpha value is -0.820. The van der Waals surface area contributed by atoms with Crippen molar-refractivity contribution in [2.24, 2.45) is 5.41 Å². The zero-order valence-corrected chi connectivity index (χ0v) is 9.26. The quantitative estimate of drug-likeness (QED) is 0.660. The summed E-state index contributed by atoms with van der Waals surface area (Å²) in [6, 6.07) is 6.75. The van der Waals surface area contributed by atoms with Crippen LogP contribution in [-0.2, 0) is 24.4 Å². The first kappa shape index (κ1) is 9.72. The van der Waals surface area contributed by atoms with Crippen LogP contribution in [0.4, 0.5) is 0 Å². The lowest BCUT2D eigenvalue weighted by atomic mass is 9.87. The van der Waals surface area contributed by atoms with Gasteiger partial charge in [-0.15, -0.1) is 0 Å². The number of fused-ring (bicyclic) bond motifs is 1. The maximum atomic E-state index is 5.40. The summed E-state index contributed by atoms with van der Waals surface area (Å²) in [5, 5.41) is 0. The van der Waals surface area contributed by atoms with E-state index < -0.39 is 0 Å². The molecule has 0 N–H and O–H groups in total. The van der Waals surface area contributed by atoms with Gasteiger partial charge in [0.25, 0.3) is 0 Å². The van der Waals surface area contributed by atoms with Gasteiger partial charge in [-0.2, -0.15) is 0 Å². The molecule has 1 aliphatic heterocycles. The van der Waals surface area contributed by atoms with Crippen LogP contribution in [0.15, 0.2) is 18.2 Å². The van der Waals surface area contributed by atoms with E-state index in [9.17, 15) is 0 Å². The van der Waals surface area contributed by atoms with Gasteiger partial charge >= 0.3 is 0 Å². The standard InChI is InChI=1S/C13H18O/c1-13(2,3)7-10-4-5-11-8-14-9-12(11)6-10/h4-6H,7-9H2,1-3H3. The summed E-state index contributed by atoms with van der Waals surface area (Å²) in [6.45, 7) is 8.42. The van der Waals surface area contributed by atoms with E-state index in [1.54, 1.807) is 0 Å². The van der Waals surface area contributed by atoms with Crippen LogP contribution in [0.1, 0.15) is 37.5 Å². The summed E-state index contributed by atoms with van der Waals surface area (Å²) < 4.78 is 5.40. The SMILES string of the molecule is CC(C)(C)Cc1ccc2c(c1)COC2. The van der Waals surface area contributed by atoms with Crippen LogP contribution in [0.5, 0.6) is 0 Å². The Morgan fingerprint density at radius 2 is 1.86 bits per heavy atom. The Labute approximate surface area is 86.1 Å². The van der Waals surface area contributed by atoms with Crippen molar-refractivity contribution in [3.05, 3.63) is 34.9 Å². The molecule has 1 nitrogen and oxygen atoms in total. The molecule has 0 aliphatic carbocycles. The highest BCUT2D eigenvalue weighted by Crippen LogP contribution is 2.25. The molecule has 0 radical (unpaired) electrons. The van der Waals surface area contributed by atoms with E-state index >= 15 is 0 Å². The van der Waals surface area contributed by atoms with Crippen LogP contribution in [-0.4, -0.2) is 0 Å². The van der Waals surface area contributed by atoms with Crippen molar-refractivity contribution >= 4 is 0 Å². The molecule has 0 spiro atoms. The molecular formula is C13H18O. The van der Waals surface area contributed by atoms with E-state index in [2.05, 4.69) is 39.0 Å². The molecule has 0 bridgehead atoms. The Kier molecular flexibility index (Phi) is 2.36. The minimum atomic E-state index is 0.369. The molecule has 0 atom stereocenters. The van der Waals surface area contributed by atoms with Gasteiger partial charge in [0.15, 0.2) is 0 Å². The van der Waals surface area contributed by atoms with Gasteiger partial charge in [0.1, 0.15) is 0 Å². The van der Waals surface area contributed by atoms with E-state index in [1.165, 1.54) is 16.7 Å². The maximum Gasteiger partial charge on any atom is 0.0725 e. The molecule has 0 saturated heterocycles. The predicted octanol–water partition coefficient (Wildman–Crippen LogP) is 3.31. The van der Waals surface area contributed by atoms with Gasteiger partial charge in [-0.1, -0.05) is 39.0 Å². The molecular weight excluding hydrogens is 172 g/mol. The topological polar surface area (TPSA) is 9.23 Å². The van der Waals surface area contributed by atoms with Crippen LogP contribution in [0, 0.1) is 5.41 Å². The first-order valence-electron chi connectivity index (χ1n) is 5.23. The lowest BCUT2D eigenvalue weighted by Crippen LogP contribution is -2.09. The Morgan fingerprint density at radius 1 is 1.14 bits per heavy atom. The maximum absolute atomic E-state index is 5.40. The Morgan fingerprint density at radius 3 is 2.57 bits per heavy atom. The first-order valence-corrected chi connectivity index (χ1v) is 5.23. The third-order valence-electron chi connectivity index (χ3n) is 2.52. The fourth-order valence-corrected chi connectivity index (χ4v) is 1.95. The van der Waals surface area contributed by atoms with Crippen molar-refractivity contribution < 1.29 is 4.74 Å². The van der Waals surface area contributed by atoms with Gasteiger partial charge in [0.05, 0.1) is 13.2 Å². The largest absolute Gasteiger partial charge is 0.372 e. The van der Waals surface area contributed by atoms with Crippen molar-refractivity contribution in [2.75, 3.05) is 0 Å². The van der Waals surface area contributed by atoms with E-state index in [1.807, 2.05) is 0 Å². The summed E-state index contributed by atoms with van der Waals surface area (Å²) in [5.74, 6) is 0. The van der Waals surface area contributed by atoms with Crippen LogP contribution < -0.4 is 0 Å². The highest BCUT2D eigenvalue weighted by Gasteiger charge is 2.15. The molecule has 1 heterocycles. The molecule has 0 saturated carbocycles. The van der Waals surface area contributed by atoms with E-state index in [4.69, 9.17) is 4.74 Å². The smallest absolute Gasteiger partial charge is 0.0725 e. The van der Waals surface area contributed by atoms with Crippen LogP contribution in [0.25, 0.3) is 0 Å². The fraction of sp³-hybridized carbons (Fsp3) is 0.538. The molecule has 1 heteroatoms. The molecule has 1 aromatic carbocycles. The third kappa shape index (κ3) is 2.16. The summed E-state index contributed by atoms with van der Waals surface area (Å²) in [4.78, 5) is 0. The summed E-state index contributed by atoms with van der Waals surface area (Å²) in [5.41, 5.74) is 4.55. The van der Waals surface area contributed by atoms with Gasteiger partial charge in [-0.05, 0) is 28.5 Å². The number of rotatable bonds is 1. The van der Waals surface area contributed by atoms with Gasteiger partial charge in [-0.25, -0.2) is 0 Å². The molecule has 14 heavy (non-hydrogen) atoms. The van der Waals surface area contributed by atoms with E-state index in [-0.39, 0.29) is 0 Å². The first-order chi connectivity index (χ1) is 6.54. The summed E-state index contributed by atoms with van der Waals surface area (Å²) >= 11 is 0. The lowest BCUT2D eigenvalue weighted by molar-refractivity contribution is 0.134. The van der Waals surface area contributed by atoms with Gasteiger partial charge < -0.3 is 4.74 Å². The van der Waals surface area contributed by atoms with Gasteiger partial charge in [0, 0.05) is 0 Å². The lowest BCUT2D eigenvalue weighted by Gasteiger charge is -2.18. The van der Waals surface area contributed by atoms with Gasteiger partial charge in [0.2, 0.25) is 0 Å². The molecule has 1 aromatic rings. The Bertz CT molecular complexity index is 334. The number of hydrogen-bond donors (Lipinski definition) is 0. The van der Waals surface area contributed by atoms with Crippen molar-refractivity contribution in [1.29, 1.82) is 0 Å². The minimum Gasteiger partial charge on any atom is -0.372 e. The number of ether oxygens (including phenoxy) is 1. The average Bonchev–Trinajstić information content (AvgIpc) is 2.47. The van der Waals surface area contributed by atoms with Gasteiger partial charge in [-0.3, -0.25) is 0 Å². The number of benzene rings is 1. The van der Waals surface area contributed by atoms with Crippen molar-refractivity contribution in [1.82, 2.24) is 0 Å². The molecule has 76 valence electrons. The van der Waals surface area contributed by atoms with Crippen molar-refractivity contribution in [2.45, 2.75) is 40.4 Å². The molecule has 0 amide bonds. The predicted molar refractivity (Wildman–Crippen MR) is 58.1 cm³/mol. The monoisotopic (exact) mass is 190 g/mol. The van der Waals surface area contributed by atoms with Crippen LogP contribution in [0.3, 0.4) is 0 Å². The zero-order chi connectivity index (χ0) is 10.2. The second kappa shape index (κ2) is 3.39. The summed E-state index contributed by atoms with van der Waals surface area (Å²) in [6.07, 6.45) is 1.14. The number of hydrogen-bond acceptors (Lipinski definition) is 1. The van der Waals surface area contributed by atoms with Crippen LogP contribution >= 0.6 is 0 Å². The molecule has 0 aromatic heterocycles. The molecule has 0 fully saturated rings. The minimum absolute atomic E-state index is 0.369. The van der Waals surface area contributed by atoms with Crippen LogP contribution in [0.2, 0.25) is 0 Å². The molecule has 1 aliphatic rings. The third-order valence-corrected chi connectivity index (χ3v) is 2.52. The average molecular weight is 190 g/mol. The fourth-order valence-electron chi connectivity index (χ4n) is 1.95. The highest BCUT2D eigenvalue weighted by atomic mass is 16.5. The van der Waals surface area contributed by atoms with Crippen molar-refractivity contribution in [3.63, 3.8) is 0 Å². The second-order valence-corrected chi connectivity index (χ2v) is 5.33. The zero-order valence-electron chi connectivity index (χ0n) is 9.26. The van der Waals surface area contributed by atoms with E-state index in [0.29, 0.717) is 5.41 Å². The second-order valence-electron chi connectivity index (χ2n) is 5.33. The van der Waals surface area contributed by atoms with E-state index in [0.717, 1.165) is 19.6 Å². The normalized spacial score (nSPS) is 15.6. The summed E-state index contributed by atoms with van der Waals surface area (Å²) in [7, 11) is 0. The Balaban J connectivity index is 2.21. The van der Waals surface area contributed by atoms with Crippen molar-refractivity contribution in [3.8, 4) is 0 Å².